The minimum Gasteiger partial charge on any atom is -0.235 e. The van der Waals surface area contributed by atoms with Crippen molar-refractivity contribution in [2.24, 2.45) is 4.40 Å². The van der Waals surface area contributed by atoms with E-state index in [9.17, 15) is 4.21 Å². The molecule has 11 heavy (non-hydrogen) atoms. The number of benzene rings is 1. The molecule has 0 aliphatic rings. The molecule has 0 bridgehead atoms. The van der Waals surface area contributed by atoms with Gasteiger partial charge in [-0.05, 0) is 5.56 Å². The first-order chi connectivity index (χ1) is 5.29. The van der Waals surface area contributed by atoms with Gasteiger partial charge in [0.15, 0.2) is 0 Å². The molecule has 1 aromatic rings. The quantitative estimate of drug-likeness (QED) is 0.612. The van der Waals surface area contributed by atoms with Gasteiger partial charge in [0.1, 0.15) is 11.0 Å². The summed E-state index contributed by atoms with van der Waals surface area (Å²) in [4.78, 5) is 0. The number of hydrogen-bond acceptors (Lipinski definition) is 1. The van der Waals surface area contributed by atoms with Crippen molar-refractivity contribution in [3.8, 4) is 0 Å². The molecule has 0 aliphatic heterocycles. The van der Waals surface area contributed by atoms with Gasteiger partial charge in [-0.2, -0.15) is 4.40 Å². The highest BCUT2D eigenvalue weighted by Crippen LogP contribution is 1.93. The van der Waals surface area contributed by atoms with E-state index in [2.05, 4.69) is 4.40 Å². The molecule has 1 aromatic carbocycles. The molecule has 0 radical (unpaired) electrons. The van der Waals surface area contributed by atoms with Gasteiger partial charge in [-0.15, -0.1) is 0 Å². The summed E-state index contributed by atoms with van der Waals surface area (Å²) in [7, 11) is -1.10. The lowest BCUT2D eigenvalue weighted by molar-refractivity contribution is 0.688. The fraction of sp³-hybridized carbons (Fsp3) is 0.125. The van der Waals surface area contributed by atoms with Gasteiger partial charge in [0.25, 0.3) is 0 Å². The van der Waals surface area contributed by atoms with Gasteiger partial charge >= 0.3 is 0 Å². The highest BCUT2D eigenvalue weighted by atomic mass is 32.2. The zero-order valence-electron chi connectivity index (χ0n) is 6.23. The van der Waals surface area contributed by atoms with Gasteiger partial charge in [-0.25, -0.2) is 4.21 Å². The van der Waals surface area contributed by atoms with Crippen LogP contribution in [0.3, 0.4) is 0 Å². The second-order valence-corrected chi connectivity index (χ2v) is 3.13. The molecular formula is C8H9NOS. The summed E-state index contributed by atoms with van der Waals surface area (Å²) in [5.74, 6) is 0. The Morgan fingerprint density at radius 3 is 2.55 bits per heavy atom. The first-order valence-corrected chi connectivity index (χ1v) is 4.73. The third-order valence-corrected chi connectivity index (χ3v) is 1.55. The summed E-state index contributed by atoms with van der Waals surface area (Å²) in [6.07, 6.45) is 3.15. The molecular weight excluding hydrogens is 158 g/mol. The zero-order valence-corrected chi connectivity index (χ0v) is 7.04. The highest BCUT2D eigenvalue weighted by Gasteiger charge is 1.83. The first kappa shape index (κ1) is 8.14. The predicted molar refractivity (Wildman–Crippen MR) is 48.1 cm³/mol. The maximum Gasteiger partial charge on any atom is 0.136 e. The van der Waals surface area contributed by atoms with Gasteiger partial charge in [-0.3, -0.25) is 0 Å². The van der Waals surface area contributed by atoms with Gasteiger partial charge < -0.3 is 0 Å². The summed E-state index contributed by atoms with van der Waals surface area (Å²) in [6, 6.07) is 9.59. The van der Waals surface area contributed by atoms with Gasteiger partial charge in [0.05, 0.1) is 0 Å². The minimum absolute atomic E-state index is 0.975. The standard InChI is InChI=1S/C8H9NOS/c1-11(10)9-7-8-5-3-2-4-6-8/h2-7H,1H3/t11-/m1/s1. The average Bonchev–Trinajstić information content (AvgIpc) is 2.03. The second kappa shape index (κ2) is 4.03. The Bertz CT molecular complexity index is 269. The van der Waals surface area contributed by atoms with Crippen molar-refractivity contribution in [3.63, 3.8) is 0 Å². The summed E-state index contributed by atoms with van der Waals surface area (Å²) in [6.45, 7) is 0. The zero-order chi connectivity index (χ0) is 8.10. The Kier molecular flexibility index (Phi) is 2.98. The Balaban J connectivity index is 2.72. The van der Waals surface area contributed by atoms with Crippen LogP contribution in [0.2, 0.25) is 0 Å². The molecule has 3 heteroatoms. The fourth-order valence-electron chi connectivity index (χ4n) is 0.674. The van der Waals surface area contributed by atoms with Crippen molar-refractivity contribution in [3.05, 3.63) is 35.9 Å². The SMILES string of the molecule is C[S@@](=O)N=Cc1ccccc1. The van der Waals surface area contributed by atoms with Crippen LogP contribution in [-0.4, -0.2) is 16.7 Å². The second-order valence-electron chi connectivity index (χ2n) is 2.07. The van der Waals surface area contributed by atoms with Crippen LogP contribution in [0.25, 0.3) is 0 Å². The molecule has 0 heterocycles. The Morgan fingerprint density at radius 2 is 2.00 bits per heavy atom. The molecule has 0 fully saturated rings. The lowest BCUT2D eigenvalue weighted by Crippen LogP contribution is -1.82. The van der Waals surface area contributed by atoms with E-state index in [1.807, 2.05) is 30.3 Å². The molecule has 0 aromatic heterocycles. The molecule has 1 rings (SSSR count). The van der Waals surface area contributed by atoms with E-state index in [-0.39, 0.29) is 0 Å². The summed E-state index contributed by atoms with van der Waals surface area (Å²) in [5, 5.41) is 0. The van der Waals surface area contributed by atoms with E-state index in [0.717, 1.165) is 5.56 Å². The van der Waals surface area contributed by atoms with Crippen LogP contribution >= 0.6 is 0 Å². The summed E-state index contributed by atoms with van der Waals surface area (Å²) < 4.78 is 14.3. The highest BCUT2D eigenvalue weighted by molar-refractivity contribution is 7.83. The van der Waals surface area contributed by atoms with Crippen molar-refractivity contribution >= 4 is 17.2 Å². The van der Waals surface area contributed by atoms with E-state index in [4.69, 9.17) is 0 Å². The van der Waals surface area contributed by atoms with Crippen molar-refractivity contribution in [2.45, 2.75) is 0 Å². The van der Waals surface area contributed by atoms with Crippen LogP contribution in [0, 0.1) is 0 Å². The molecule has 0 unspecified atom stereocenters. The van der Waals surface area contributed by atoms with Crippen molar-refractivity contribution in [1.29, 1.82) is 0 Å². The smallest absolute Gasteiger partial charge is 0.136 e. The lowest BCUT2D eigenvalue weighted by atomic mass is 10.2. The normalized spacial score (nSPS) is 13.5. The molecule has 0 saturated heterocycles. The van der Waals surface area contributed by atoms with Crippen molar-refractivity contribution in [1.82, 2.24) is 0 Å². The maximum atomic E-state index is 10.5. The third-order valence-electron chi connectivity index (χ3n) is 1.15. The summed E-state index contributed by atoms with van der Waals surface area (Å²) >= 11 is 0. The monoisotopic (exact) mass is 167 g/mol. The Labute approximate surface area is 68.6 Å². The Morgan fingerprint density at radius 1 is 1.36 bits per heavy atom. The largest absolute Gasteiger partial charge is 0.235 e. The predicted octanol–water partition coefficient (Wildman–Crippen LogP) is 1.40. The fourth-order valence-corrected chi connectivity index (χ4v) is 0.944. The maximum absolute atomic E-state index is 10.5. The van der Waals surface area contributed by atoms with Crippen LogP contribution in [-0.2, 0) is 11.0 Å². The van der Waals surface area contributed by atoms with E-state index in [1.54, 1.807) is 12.5 Å². The van der Waals surface area contributed by atoms with E-state index in [1.165, 1.54) is 0 Å². The molecule has 0 aliphatic carbocycles. The number of rotatable bonds is 2. The molecule has 2 nitrogen and oxygen atoms in total. The minimum atomic E-state index is -1.10. The van der Waals surface area contributed by atoms with Gasteiger partial charge in [-0.1, -0.05) is 30.3 Å². The van der Waals surface area contributed by atoms with E-state index < -0.39 is 11.0 Å². The van der Waals surface area contributed by atoms with Crippen LogP contribution < -0.4 is 0 Å². The number of nitrogens with zero attached hydrogens (tertiary/aromatic N) is 1. The van der Waals surface area contributed by atoms with Crippen LogP contribution in [0.15, 0.2) is 34.7 Å². The first-order valence-electron chi connectivity index (χ1n) is 3.22. The Hall–Kier alpha value is -0.960. The van der Waals surface area contributed by atoms with Gasteiger partial charge in [0, 0.05) is 12.5 Å². The van der Waals surface area contributed by atoms with Crippen molar-refractivity contribution < 1.29 is 4.21 Å². The van der Waals surface area contributed by atoms with E-state index >= 15 is 0 Å². The third kappa shape index (κ3) is 3.09. The van der Waals surface area contributed by atoms with Crippen LogP contribution in [0.5, 0.6) is 0 Å². The topological polar surface area (TPSA) is 29.4 Å². The van der Waals surface area contributed by atoms with Crippen LogP contribution in [0.1, 0.15) is 5.56 Å². The average molecular weight is 167 g/mol. The van der Waals surface area contributed by atoms with E-state index in [0.29, 0.717) is 0 Å². The van der Waals surface area contributed by atoms with Gasteiger partial charge in [0.2, 0.25) is 0 Å². The molecule has 0 amide bonds. The molecule has 58 valence electrons. The number of hydrogen-bond donors (Lipinski definition) is 0. The molecule has 0 saturated carbocycles. The summed E-state index contributed by atoms with van der Waals surface area (Å²) in [5.41, 5.74) is 0.975. The van der Waals surface area contributed by atoms with Crippen LogP contribution in [0.4, 0.5) is 0 Å². The molecule has 1 atom stereocenters. The molecule has 0 N–H and O–H groups in total. The molecule has 0 spiro atoms. The lowest BCUT2D eigenvalue weighted by Gasteiger charge is -1.87. The van der Waals surface area contributed by atoms with Crippen molar-refractivity contribution in [2.75, 3.05) is 6.26 Å².